The van der Waals surface area contributed by atoms with Crippen LogP contribution in [0.15, 0.2) is 0 Å². The summed E-state index contributed by atoms with van der Waals surface area (Å²) in [5, 5.41) is 22.4. The molecule has 2 saturated heterocycles. The fourth-order valence-electron chi connectivity index (χ4n) is 2.27. The van der Waals surface area contributed by atoms with Crippen LogP contribution in [-0.4, -0.2) is 55.4 Å². The molecule has 0 aromatic carbocycles. The van der Waals surface area contributed by atoms with E-state index in [1.807, 2.05) is 0 Å². The highest BCUT2D eigenvalue weighted by Gasteiger charge is 2.58. The number of aliphatic hydroxyl groups is 2. The summed E-state index contributed by atoms with van der Waals surface area (Å²) >= 11 is 0. The molecule has 2 heterocycles. The van der Waals surface area contributed by atoms with E-state index < -0.39 is 20.9 Å². The minimum absolute atomic E-state index is 0.0330. The SMILES string of the molecule is O=S1(=O)CCC(O)(C2(CO)CNC2)C1. The van der Waals surface area contributed by atoms with Crippen molar-refractivity contribution in [1.29, 1.82) is 0 Å². The maximum absolute atomic E-state index is 11.3. The number of sulfone groups is 1. The fraction of sp³-hybridized carbons (Fsp3) is 1.00. The Labute approximate surface area is 83.0 Å². The Morgan fingerprint density at radius 3 is 2.29 bits per heavy atom. The summed E-state index contributed by atoms with van der Waals surface area (Å²) in [6, 6.07) is 0. The molecular formula is C8H15NO4S. The predicted octanol–water partition coefficient (Wildman–Crippen LogP) is -1.88. The third kappa shape index (κ3) is 1.29. The van der Waals surface area contributed by atoms with Crippen LogP contribution in [0.5, 0.6) is 0 Å². The van der Waals surface area contributed by atoms with Crippen molar-refractivity contribution < 1.29 is 18.6 Å². The van der Waals surface area contributed by atoms with Crippen molar-refractivity contribution in [3.8, 4) is 0 Å². The van der Waals surface area contributed by atoms with Gasteiger partial charge in [0, 0.05) is 18.5 Å². The zero-order valence-corrected chi connectivity index (χ0v) is 8.68. The summed E-state index contributed by atoms with van der Waals surface area (Å²) in [4.78, 5) is 0. The Morgan fingerprint density at radius 2 is 2.00 bits per heavy atom. The Hall–Kier alpha value is -0.170. The molecule has 0 spiro atoms. The van der Waals surface area contributed by atoms with Crippen LogP contribution in [0.4, 0.5) is 0 Å². The van der Waals surface area contributed by atoms with Gasteiger partial charge in [0.1, 0.15) is 0 Å². The molecule has 2 aliphatic rings. The molecule has 2 aliphatic heterocycles. The molecule has 0 radical (unpaired) electrons. The molecule has 0 amide bonds. The second kappa shape index (κ2) is 2.91. The van der Waals surface area contributed by atoms with Crippen LogP contribution in [0.3, 0.4) is 0 Å². The van der Waals surface area contributed by atoms with E-state index in [0.29, 0.717) is 13.1 Å². The molecule has 82 valence electrons. The van der Waals surface area contributed by atoms with Crippen LogP contribution in [0.1, 0.15) is 6.42 Å². The first kappa shape index (κ1) is 10.4. The number of hydrogen-bond donors (Lipinski definition) is 3. The van der Waals surface area contributed by atoms with E-state index in [2.05, 4.69) is 5.32 Å². The Balaban J connectivity index is 2.25. The topological polar surface area (TPSA) is 86.6 Å². The van der Waals surface area contributed by atoms with Gasteiger partial charge < -0.3 is 15.5 Å². The largest absolute Gasteiger partial charge is 0.396 e. The van der Waals surface area contributed by atoms with E-state index in [-0.39, 0.29) is 24.5 Å². The molecule has 0 bridgehead atoms. The van der Waals surface area contributed by atoms with Crippen LogP contribution in [0, 0.1) is 5.41 Å². The van der Waals surface area contributed by atoms with Crippen LogP contribution >= 0.6 is 0 Å². The smallest absolute Gasteiger partial charge is 0.153 e. The van der Waals surface area contributed by atoms with Crippen molar-refractivity contribution in [2.24, 2.45) is 5.41 Å². The van der Waals surface area contributed by atoms with Gasteiger partial charge in [-0.2, -0.15) is 0 Å². The van der Waals surface area contributed by atoms with Gasteiger partial charge in [0.25, 0.3) is 0 Å². The van der Waals surface area contributed by atoms with E-state index in [1.54, 1.807) is 0 Å². The molecule has 0 aliphatic carbocycles. The van der Waals surface area contributed by atoms with Gasteiger partial charge >= 0.3 is 0 Å². The Bertz CT molecular complexity index is 330. The summed E-state index contributed by atoms with van der Waals surface area (Å²) in [6.45, 7) is 0.830. The van der Waals surface area contributed by atoms with E-state index in [1.165, 1.54) is 0 Å². The zero-order chi connectivity index (χ0) is 10.4. The van der Waals surface area contributed by atoms with Gasteiger partial charge in [-0.05, 0) is 6.42 Å². The second-order valence-corrected chi connectivity index (χ2v) is 6.60. The van der Waals surface area contributed by atoms with E-state index in [9.17, 15) is 18.6 Å². The lowest BCUT2D eigenvalue weighted by atomic mass is 9.67. The van der Waals surface area contributed by atoms with Crippen LogP contribution in [-0.2, 0) is 9.84 Å². The molecular weight excluding hydrogens is 206 g/mol. The predicted molar refractivity (Wildman–Crippen MR) is 50.6 cm³/mol. The Morgan fingerprint density at radius 1 is 1.36 bits per heavy atom. The second-order valence-electron chi connectivity index (χ2n) is 4.42. The molecule has 0 aromatic heterocycles. The molecule has 0 aromatic rings. The van der Waals surface area contributed by atoms with Gasteiger partial charge in [-0.1, -0.05) is 0 Å². The standard InChI is InChI=1S/C8H15NO4S/c10-5-7(3-9-4-7)8(11)1-2-14(12,13)6-8/h9-11H,1-6H2. The van der Waals surface area contributed by atoms with Crippen molar-refractivity contribution in [2.75, 3.05) is 31.2 Å². The van der Waals surface area contributed by atoms with Crippen molar-refractivity contribution in [1.82, 2.24) is 5.32 Å². The summed E-state index contributed by atoms with van der Waals surface area (Å²) < 4.78 is 22.6. The lowest BCUT2D eigenvalue weighted by molar-refractivity contribution is -0.119. The fourth-order valence-corrected chi connectivity index (χ4v) is 4.24. The molecule has 1 unspecified atom stereocenters. The summed E-state index contributed by atoms with van der Waals surface area (Å²) in [5.74, 6) is -0.173. The van der Waals surface area contributed by atoms with Crippen LogP contribution < -0.4 is 5.32 Å². The molecule has 2 rings (SSSR count). The molecule has 1 atom stereocenters. The number of aliphatic hydroxyl groups excluding tert-OH is 1. The highest BCUT2D eigenvalue weighted by atomic mass is 32.2. The number of nitrogens with one attached hydrogen (secondary N) is 1. The van der Waals surface area contributed by atoms with Gasteiger partial charge in [-0.3, -0.25) is 0 Å². The van der Waals surface area contributed by atoms with Gasteiger partial charge in [0.15, 0.2) is 9.84 Å². The first-order chi connectivity index (χ1) is 6.43. The number of rotatable bonds is 2. The van der Waals surface area contributed by atoms with Crippen LogP contribution in [0.2, 0.25) is 0 Å². The van der Waals surface area contributed by atoms with Crippen molar-refractivity contribution >= 4 is 9.84 Å². The molecule has 0 saturated carbocycles. The lowest BCUT2D eigenvalue weighted by Crippen LogP contribution is -2.68. The molecule has 5 nitrogen and oxygen atoms in total. The maximum Gasteiger partial charge on any atom is 0.153 e. The summed E-state index contributed by atoms with van der Waals surface area (Å²) in [7, 11) is -3.11. The average Bonchev–Trinajstić information content (AvgIpc) is 2.25. The minimum atomic E-state index is -3.11. The van der Waals surface area contributed by atoms with Crippen molar-refractivity contribution in [3.63, 3.8) is 0 Å². The van der Waals surface area contributed by atoms with Gasteiger partial charge in [-0.25, -0.2) is 8.42 Å². The quantitative estimate of drug-likeness (QED) is 0.508. The normalized spacial score (nSPS) is 39.3. The molecule has 2 fully saturated rings. The summed E-state index contributed by atoms with van der Waals surface area (Å²) in [6.07, 6.45) is 0.248. The molecule has 6 heteroatoms. The summed E-state index contributed by atoms with van der Waals surface area (Å²) in [5.41, 5.74) is -1.87. The first-order valence-electron chi connectivity index (χ1n) is 4.68. The highest BCUT2D eigenvalue weighted by molar-refractivity contribution is 7.91. The third-order valence-electron chi connectivity index (χ3n) is 3.50. The molecule has 3 N–H and O–H groups in total. The maximum atomic E-state index is 11.3. The monoisotopic (exact) mass is 221 g/mol. The third-order valence-corrected chi connectivity index (χ3v) is 5.25. The van der Waals surface area contributed by atoms with Gasteiger partial charge in [-0.15, -0.1) is 0 Å². The first-order valence-corrected chi connectivity index (χ1v) is 6.50. The molecule has 14 heavy (non-hydrogen) atoms. The lowest BCUT2D eigenvalue weighted by Gasteiger charge is -2.50. The van der Waals surface area contributed by atoms with E-state index >= 15 is 0 Å². The zero-order valence-electron chi connectivity index (χ0n) is 7.86. The van der Waals surface area contributed by atoms with E-state index in [4.69, 9.17) is 0 Å². The van der Waals surface area contributed by atoms with Gasteiger partial charge in [0.05, 0.1) is 23.7 Å². The van der Waals surface area contributed by atoms with Crippen molar-refractivity contribution in [3.05, 3.63) is 0 Å². The average molecular weight is 221 g/mol. The van der Waals surface area contributed by atoms with E-state index in [0.717, 1.165) is 0 Å². The van der Waals surface area contributed by atoms with Crippen LogP contribution in [0.25, 0.3) is 0 Å². The Kier molecular flexibility index (Phi) is 2.15. The minimum Gasteiger partial charge on any atom is -0.396 e. The highest BCUT2D eigenvalue weighted by Crippen LogP contribution is 2.42. The van der Waals surface area contributed by atoms with Crippen molar-refractivity contribution in [2.45, 2.75) is 12.0 Å². The van der Waals surface area contributed by atoms with Gasteiger partial charge in [0.2, 0.25) is 0 Å². The number of hydrogen-bond acceptors (Lipinski definition) is 5.